The molecular formula is C16H20N4O3. The van der Waals surface area contributed by atoms with Gasteiger partial charge < -0.3 is 15.0 Å². The third-order valence-electron chi connectivity index (χ3n) is 4.04. The Labute approximate surface area is 134 Å². The minimum Gasteiger partial charge on any atom is -0.445 e. The fourth-order valence-corrected chi connectivity index (χ4v) is 2.71. The molecule has 7 nitrogen and oxygen atoms in total. The Morgan fingerprint density at radius 1 is 1.22 bits per heavy atom. The molecule has 0 bridgehead atoms. The van der Waals surface area contributed by atoms with Crippen LogP contribution in [0.25, 0.3) is 0 Å². The number of amides is 2. The minimum atomic E-state index is -0.293. The van der Waals surface area contributed by atoms with Crippen molar-refractivity contribution >= 4 is 18.3 Å². The smallest absolute Gasteiger partial charge is 0.410 e. The highest BCUT2D eigenvalue weighted by Gasteiger charge is 2.28. The van der Waals surface area contributed by atoms with Crippen molar-refractivity contribution in [3.05, 3.63) is 35.9 Å². The molecule has 1 N–H and O–H groups in total. The van der Waals surface area contributed by atoms with Gasteiger partial charge in [0.25, 0.3) is 0 Å². The third kappa shape index (κ3) is 4.07. The quantitative estimate of drug-likeness (QED) is 0.896. The fourth-order valence-electron chi connectivity index (χ4n) is 2.71. The summed E-state index contributed by atoms with van der Waals surface area (Å²) in [6.45, 7) is 2.83. The van der Waals surface area contributed by atoms with E-state index in [4.69, 9.17) is 4.74 Å². The van der Waals surface area contributed by atoms with Crippen LogP contribution in [0.3, 0.4) is 0 Å². The van der Waals surface area contributed by atoms with Crippen LogP contribution in [0, 0.1) is 0 Å². The molecular weight excluding hydrogens is 296 g/mol. The highest BCUT2D eigenvalue weighted by Crippen LogP contribution is 2.13. The van der Waals surface area contributed by atoms with Gasteiger partial charge in [0.05, 0.1) is 12.8 Å². The van der Waals surface area contributed by atoms with Crippen LogP contribution in [0.15, 0.2) is 35.3 Å². The molecule has 1 atom stereocenters. The summed E-state index contributed by atoms with van der Waals surface area (Å²) in [7, 11) is 0. The van der Waals surface area contributed by atoms with E-state index < -0.39 is 0 Å². The molecule has 1 saturated heterocycles. The molecule has 3 rings (SSSR count). The molecule has 0 saturated carbocycles. The van der Waals surface area contributed by atoms with Crippen molar-refractivity contribution in [1.29, 1.82) is 0 Å². The number of benzene rings is 1. The maximum absolute atomic E-state index is 12.1. The Hall–Kier alpha value is -2.41. The molecule has 0 aliphatic carbocycles. The predicted octanol–water partition coefficient (Wildman–Crippen LogP) is 0.815. The van der Waals surface area contributed by atoms with E-state index in [1.165, 1.54) is 6.34 Å². The maximum atomic E-state index is 12.1. The first-order chi connectivity index (χ1) is 11.2. The van der Waals surface area contributed by atoms with Gasteiger partial charge >= 0.3 is 6.09 Å². The Kier molecular flexibility index (Phi) is 4.87. The zero-order chi connectivity index (χ0) is 16.1. The van der Waals surface area contributed by atoms with Crippen molar-refractivity contribution in [2.75, 3.05) is 26.2 Å². The van der Waals surface area contributed by atoms with Gasteiger partial charge in [0.1, 0.15) is 12.8 Å². The lowest BCUT2D eigenvalue weighted by Crippen LogP contribution is -2.53. The Morgan fingerprint density at radius 2 is 1.96 bits per heavy atom. The van der Waals surface area contributed by atoms with Crippen molar-refractivity contribution in [2.45, 2.75) is 19.2 Å². The highest BCUT2D eigenvalue weighted by atomic mass is 16.6. The van der Waals surface area contributed by atoms with Crippen LogP contribution in [-0.4, -0.2) is 60.5 Å². The lowest BCUT2D eigenvalue weighted by atomic mass is 10.2. The van der Waals surface area contributed by atoms with Crippen LogP contribution in [0.1, 0.15) is 12.0 Å². The van der Waals surface area contributed by atoms with E-state index in [2.05, 4.69) is 15.2 Å². The van der Waals surface area contributed by atoms with Crippen molar-refractivity contribution < 1.29 is 14.3 Å². The zero-order valence-electron chi connectivity index (χ0n) is 12.9. The zero-order valence-corrected chi connectivity index (χ0v) is 12.9. The van der Waals surface area contributed by atoms with E-state index in [0.29, 0.717) is 32.6 Å². The molecule has 2 aliphatic heterocycles. The van der Waals surface area contributed by atoms with Gasteiger partial charge in [-0.15, -0.1) is 0 Å². The van der Waals surface area contributed by atoms with Gasteiger partial charge in [-0.25, -0.2) is 4.79 Å². The molecule has 2 heterocycles. The Morgan fingerprint density at radius 3 is 2.65 bits per heavy atom. The molecule has 2 amide bonds. The van der Waals surface area contributed by atoms with Gasteiger partial charge in [-0.2, -0.15) is 0 Å². The van der Waals surface area contributed by atoms with Crippen LogP contribution in [0.4, 0.5) is 4.79 Å². The molecule has 7 heteroatoms. The van der Waals surface area contributed by atoms with Crippen molar-refractivity contribution in [1.82, 2.24) is 15.1 Å². The number of hydrogen-bond donors (Lipinski definition) is 1. The summed E-state index contributed by atoms with van der Waals surface area (Å²) in [5, 5.41) is 2.57. The first-order valence-electron chi connectivity index (χ1n) is 7.73. The number of rotatable bonds is 3. The average molecular weight is 316 g/mol. The van der Waals surface area contributed by atoms with Crippen molar-refractivity contribution in [3.8, 4) is 0 Å². The number of carbonyl (C=O) groups is 2. The third-order valence-corrected chi connectivity index (χ3v) is 4.04. The number of aliphatic imine (C=N–C) groups is 1. The molecule has 0 aromatic heterocycles. The second-order valence-electron chi connectivity index (χ2n) is 5.59. The van der Waals surface area contributed by atoms with Crippen LogP contribution < -0.4 is 5.32 Å². The van der Waals surface area contributed by atoms with E-state index in [-0.39, 0.29) is 24.8 Å². The summed E-state index contributed by atoms with van der Waals surface area (Å²) in [5.41, 5.74) is 0.974. The normalized spacial score (nSPS) is 21.8. The molecule has 1 aromatic rings. The van der Waals surface area contributed by atoms with E-state index in [1.54, 1.807) is 4.90 Å². The fraction of sp³-hybridized carbons (Fsp3) is 0.438. The van der Waals surface area contributed by atoms with E-state index in [9.17, 15) is 9.59 Å². The summed E-state index contributed by atoms with van der Waals surface area (Å²) >= 11 is 0. The van der Waals surface area contributed by atoms with Gasteiger partial charge in [0, 0.05) is 26.2 Å². The number of nitrogens with one attached hydrogen (secondary N) is 1. The second-order valence-corrected chi connectivity index (χ2v) is 5.59. The molecule has 1 unspecified atom stereocenters. The van der Waals surface area contributed by atoms with Crippen molar-refractivity contribution in [3.63, 3.8) is 0 Å². The average Bonchev–Trinajstić information content (AvgIpc) is 2.61. The van der Waals surface area contributed by atoms with Gasteiger partial charge in [0.15, 0.2) is 0 Å². The van der Waals surface area contributed by atoms with Crippen LogP contribution in [0.2, 0.25) is 0 Å². The van der Waals surface area contributed by atoms with Gasteiger partial charge in [-0.05, 0) is 5.56 Å². The number of hydrogen-bond acceptors (Lipinski definition) is 5. The van der Waals surface area contributed by atoms with Gasteiger partial charge in [-0.1, -0.05) is 30.3 Å². The Balaban J connectivity index is 1.45. The highest BCUT2D eigenvalue weighted by molar-refractivity contribution is 5.89. The number of nitrogens with zero attached hydrogens (tertiary/aromatic N) is 3. The molecule has 0 spiro atoms. The van der Waals surface area contributed by atoms with Crippen LogP contribution >= 0.6 is 0 Å². The summed E-state index contributed by atoms with van der Waals surface area (Å²) < 4.78 is 5.34. The molecule has 122 valence electrons. The number of ether oxygens (including phenoxy) is 1. The number of carbonyl (C=O) groups excluding carboxylic acids is 2. The minimum absolute atomic E-state index is 0.0188. The van der Waals surface area contributed by atoms with E-state index in [0.717, 1.165) is 5.56 Å². The lowest BCUT2D eigenvalue weighted by Gasteiger charge is -2.37. The van der Waals surface area contributed by atoms with Crippen molar-refractivity contribution in [2.24, 2.45) is 4.99 Å². The van der Waals surface area contributed by atoms with Crippen LogP contribution in [-0.2, 0) is 16.1 Å². The SMILES string of the molecule is O=C1CC(N2CCN(C(=O)OCc3ccccc3)CC2)N=CN1. The van der Waals surface area contributed by atoms with Crippen LogP contribution in [0.5, 0.6) is 0 Å². The summed E-state index contributed by atoms with van der Waals surface area (Å²) in [6.07, 6.45) is 1.41. The molecule has 1 fully saturated rings. The molecule has 0 radical (unpaired) electrons. The van der Waals surface area contributed by atoms with E-state index >= 15 is 0 Å². The summed E-state index contributed by atoms with van der Waals surface area (Å²) in [5.74, 6) is -0.0188. The largest absolute Gasteiger partial charge is 0.445 e. The monoisotopic (exact) mass is 316 g/mol. The van der Waals surface area contributed by atoms with Gasteiger partial charge in [-0.3, -0.25) is 14.7 Å². The van der Waals surface area contributed by atoms with E-state index in [1.807, 2.05) is 30.3 Å². The number of piperazine rings is 1. The second kappa shape index (κ2) is 7.23. The molecule has 23 heavy (non-hydrogen) atoms. The molecule has 2 aliphatic rings. The standard InChI is InChI=1S/C16H20N4O3/c21-15-10-14(17-12-18-15)19-6-8-20(9-7-19)16(22)23-11-13-4-2-1-3-5-13/h1-5,12,14H,6-11H2,(H,17,18,21). The lowest BCUT2D eigenvalue weighted by molar-refractivity contribution is -0.121. The summed E-state index contributed by atoms with van der Waals surface area (Å²) in [6, 6.07) is 9.62. The predicted molar refractivity (Wildman–Crippen MR) is 84.8 cm³/mol. The topological polar surface area (TPSA) is 74.2 Å². The Bertz CT molecular complexity index is 582. The summed E-state index contributed by atoms with van der Waals surface area (Å²) in [4.78, 5) is 31.6. The first-order valence-corrected chi connectivity index (χ1v) is 7.73. The van der Waals surface area contributed by atoms with Gasteiger partial charge in [0.2, 0.25) is 5.91 Å². The maximum Gasteiger partial charge on any atom is 0.410 e. The molecule has 1 aromatic carbocycles. The first kappa shape index (κ1) is 15.5.